The van der Waals surface area contributed by atoms with Gasteiger partial charge in [-0.3, -0.25) is 0 Å². The second-order valence-corrected chi connectivity index (χ2v) is 3.78. The average Bonchev–Trinajstić information content (AvgIpc) is 2.90. The highest BCUT2D eigenvalue weighted by Crippen LogP contribution is 2.32. The predicted octanol–water partition coefficient (Wildman–Crippen LogP) is 0.820. The van der Waals surface area contributed by atoms with Crippen molar-refractivity contribution in [2.45, 2.75) is 38.8 Å². The first-order valence-electron chi connectivity index (χ1n) is 4.91. The SMILES string of the molecule is Cc1noc(N(C2CC2)C(C)C(=O)O)n1. The fraction of sp³-hybridized carbons (Fsp3) is 0.667. The van der Waals surface area contributed by atoms with Crippen LogP contribution in [0.2, 0.25) is 0 Å². The lowest BCUT2D eigenvalue weighted by Gasteiger charge is -2.23. The van der Waals surface area contributed by atoms with Crippen molar-refractivity contribution in [3.63, 3.8) is 0 Å². The first-order valence-corrected chi connectivity index (χ1v) is 4.91. The van der Waals surface area contributed by atoms with Crippen molar-refractivity contribution in [1.82, 2.24) is 10.1 Å². The molecule has 0 radical (unpaired) electrons. The molecule has 1 aliphatic rings. The minimum absolute atomic E-state index is 0.232. The van der Waals surface area contributed by atoms with E-state index in [2.05, 4.69) is 10.1 Å². The van der Waals surface area contributed by atoms with Crippen LogP contribution in [0.1, 0.15) is 25.6 Å². The molecule has 2 rings (SSSR count). The summed E-state index contributed by atoms with van der Waals surface area (Å²) in [4.78, 5) is 16.7. The monoisotopic (exact) mass is 211 g/mol. The highest BCUT2D eigenvalue weighted by molar-refractivity contribution is 5.77. The second-order valence-electron chi connectivity index (χ2n) is 3.78. The Bertz CT molecular complexity index is 372. The molecule has 15 heavy (non-hydrogen) atoms. The van der Waals surface area contributed by atoms with E-state index in [1.165, 1.54) is 0 Å². The highest BCUT2D eigenvalue weighted by Gasteiger charge is 2.38. The van der Waals surface area contributed by atoms with Gasteiger partial charge in [-0.15, -0.1) is 0 Å². The Morgan fingerprint density at radius 2 is 2.33 bits per heavy atom. The predicted molar refractivity (Wildman–Crippen MR) is 51.6 cm³/mol. The van der Waals surface area contributed by atoms with Crippen LogP contribution >= 0.6 is 0 Å². The maximum atomic E-state index is 10.9. The molecule has 1 aliphatic carbocycles. The Balaban J connectivity index is 2.23. The van der Waals surface area contributed by atoms with Gasteiger partial charge in [-0.05, 0) is 26.7 Å². The van der Waals surface area contributed by atoms with Crippen LogP contribution in [0.4, 0.5) is 6.01 Å². The van der Waals surface area contributed by atoms with Gasteiger partial charge < -0.3 is 14.5 Å². The Hall–Kier alpha value is -1.59. The number of carboxylic acids is 1. The zero-order valence-electron chi connectivity index (χ0n) is 8.67. The van der Waals surface area contributed by atoms with Crippen LogP contribution in [0, 0.1) is 6.92 Å². The number of carboxylic acid groups (broad SMARTS) is 1. The summed E-state index contributed by atoms with van der Waals surface area (Å²) in [5.74, 6) is -0.356. The summed E-state index contributed by atoms with van der Waals surface area (Å²) in [6.45, 7) is 3.34. The van der Waals surface area contributed by atoms with E-state index < -0.39 is 12.0 Å². The smallest absolute Gasteiger partial charge is 0.326 e. The number of hydrogen-bond donors (Lipinski definition) is 1. The van der Waals surface area contributed by atoms with Gasteiger partial charge in [-0.2, -0.15) is 4.98 Å². The van der Waals surface area contributed by atoms with Crippen LogP contribution in [-0.4, -0.2) is 33.3 Å². The summed E-state index contributed by atoms with van der Waals surface area (Å²) in [6.07, 6.45) is 1.97. The van der Waals surface area contributed by atoms with Gasteiger partial charge in [0, 0.05) is 6.04 Å². The van der Waals surface area contributed by atoms with Crippen molar-refractivity contribution in [1.29, 1.82) is 0 Å². The average molecular weight is 211 g/mol. The van der Waals surface area contributed by atoms with Crippen molar-refractivity contribution >= 4 is 12.0 Å². The topological polar surface area (TPSA) is 79.5 Å². The number of rotatable bonds is 4. The molecule has 0 spiro atoms. The minimum Gasteiger partial charge on any atom is -0.480 e. The lowest BCUT2D eigenvalue weighted by atomic mass is 10.3. The number of aromatic nitrogens is 2. The normalized spacial score (nSPS) is 17.5. The molecule has 1 fully saturated rings. The van der Waals surface area contributed by atoms with E-state index in [0.717, 1.165) is 12.8 Å². The van der Waals surface area contributed by atoms with Gasteiger partial charge >= 0.3 is 12.0 Å². The summed E-state index contributed by atoms with van der Waals surface area (Å²) < 4.78 is 5.00. The summed E-state index contributed by atoms with van der Waals surface area (Å²) in [5.41, 5.74) is 0. The van der Waals surface area contributed by atoms with Crippen LogP contribution in [0.15, 0.2) is 4.52 Å². The third-order valence-electron chi connectivity index (χ3n) is 2.45. The van der Waals surface area contributed by atoms with E-state index in [0.29, 0.717) is 11.8 Å². The number of hydrogen-bond acceptors (Lipinski definition) is 5. The molecule has 1 N–H and O–H groups in total. The number of aliphatic carboxylic acids is 1. The number of nitrogens with zero attached hydrogens (tertiary/aromatic N) is 3. The highest BCUT2D eigenvalue weighted by atomic mass is 16.5. The largest absolute Gasteiger partial charge is 0.480 e. The van der Waals surface area contributed by atoms with Crippen molar-refractivity contribution in [2.24, 2.45) is 0 Å². The second kappa shape index (κ2) is 3.52. The van der Waals surface area contributed by atoms with E-state index in [1.54, 1.807) is 18.7 Å². The molecule has 0 aromatic carbocycles. The molecule has 1 heterocycles. The lowest BCUT2D eigenvalue weighted by molar-refractivity contribution is -0.138. The molecule has 1 aromatic heterocycles. The molecule has 0 saturated heterocycles. The Kier molecular flexibility index (Phi) is 2.34. The van der Waals surface area contributed by atoms with Crippen molar-refractivity contribution in [2.75, 3.05) is 4.90 Å². The summed E-state index contributed by atoms with van der Waals surface area (Å²) in [7, 11) is 0. The maximum Gasteiger partial charge on any atom is 0.326 e. The Morgan fingerprint density at radius 3 is 2.73 bits per heavy atom. The third-order valence-corrected chi connectivity index (χ3v) is 2.45. The fourth-order valence-electron chi connectivity index (χ4n) is 1.50. The van der Waals surface area contributed by atoms with Gasteiger partial charge in [-0.25, -0.2) is 4.79 Å². The number of anilines is 1. The molecule has 1 atom stereocenters. The minimum atomic E-state index is -0.877. The van der Waals surface area contributed by atoms with E-state index in [4.69, 9.17) is 9.63 Å². The van der Waals surface area contributed by atoms with Crippen molar-refractivity contribution in [3.05, 3.63) is 5.82 Å². The number of aryl methyl sites for hydroxylation is 1. The van der Waals surface area contributed by atoms with Crippen molar-refractivity contribution in [3.8, 4) is 0 Å². The summed E-state index contributed by atoms with van der Waals surface area (Å²) in [5, 5.41) is 12.6. The van der Waals surface area contributed by atoms with Gasteiger partial charge in [0.2, 0.25) is 0 Å². The van der Waals surface area contributed by atoms with Gasteiger partial charge in [0.25, 0.3) is 0 Å². The summed E-state index contributed by atoms with van der Waals surface area (Å²) in [6, 6.07) is -0.0850. The van der Waals surface area contributed by atoms with Crippen LogP contribution in [0.25, 0.3) is 0 Å². The number of carbonyl (C=O) groups is 1. The molecule has 0 bridgehead atoms. The maximum absolute atomic E-state index is 10.9. The van der Waals surface area contributed by atoms with Gasteiger partial charge in [0.1, 0.15) is 6.04 Å². The fourth-order valence-corrected chi connectivity index (χ4v) is 1.50. The molecule has 82 valence electrons. The van der Waals surface area contributed by atoms with Crippen LogP contribution in [0.3, 0.4) is 0 Å². The molecule has 1 saturated carbocycles. The molecular formula is C9H13N3O3. The van der Waals surface area contributed by atoms with Gasteiger partial charge in [0.15, 0.2) is 5.82 Å². The molecule has 6 nitrogen and oxygen atoms in total. The third kappa shape index (κ3) is 1.93. The van der Waals surface area contributed by atoms with E-state index in [1.807, 2.05) is 0 Å². The molecule has 6 heteroatoms. The zero-order valence-corrected chi connectivity index (χ0v) is 8.67. The van der Waals surface area contributed by atoms with E-state index in [-0.39, 0.29) is 6.04 Å². The molecule has 1 unspecified atom stereocenters. The Morgan fingerprint density at radius 1 is 1.67 bits per heavy atom. The summed E-state index contributed by atoms with van der Waals surface area (Å²) >= 11 is 0. The van der Waals surface area contributed by atoms with Gasteiger partial charge in [-0.1, -0.05) is 5.16 Å². The van der Waals surface area contributed by atoms with Crippen LogP contribution in [0.5, 0.6) is 0 Å². The van der Waals surface area contributed by atoms with E-state index in [9.17, 15) is 4.79 Å². The van der Waals surface area contributed by atoms with E-state index >= 15 is 0 Å². The van der Waals surface area contributed by atoms with Crippen LogP contribution in [-0.2, 0) is 4.79 Å². The Labute approximate surface area is 86.9 Å². The van der Waals surface area contributed by atoms with Crippen LogP contribution < -0.4 is 4.90 Å². The molecular weight excluding hydrogens is 198 g/mol. The zero-order chi connectivity index (χ0) is 11.0. The standard InChI is InChI=1S/C9H13N3O3/c1-5(8(13)14)12(7-3-4-7)9-10-6(2)11-15-9/h5,7H,3-4H2,1-2H3,(H,13,14). The molecule has 1 aromatic rings. The van der Waals surface area contributed by atoms with Gasteiger partial charge in [0.05, 0.1) is 0 Å². The first-order chi connectivity index (χ1) is 7.09. The quantitative estimate of drug-likeness (QED) is 0.794. The van der Waals surface area contributed by atoms with Crippen molar-refractivity contribution < 1.29 is 14.4 Å². The molecule has 0 aliphatic heterocycles. The first kappa shape index (κ1) is 9.95. The lowest BCUT2D eigenvalue weighted by Crippen LogP contribution is -2.40. The molecule has 0 amide bonds.